The predicted octanol–water partition coefficient (Wildman–Crippen LogP) is 2.00. The van der Waals surface area contributed by atoms with E-state index in [-0.39, 0.29) is 23.5 Å². The van der Waals surface area contributed by atoms with Gasteiger partial charge in [-0.25, -0.2) is 4.99 Å². The number of nitrogens with one attached hydrogen (secondary N) is 2. The van der Waals surface area contributed by atoms with E-state index >= 15 is 0 Å². The van der Waals surface area contributed by atoms with Crippen LogP contribution in [0.3, 0.4) is 0 Å². The maximum atomic E-state index is 13.8. The number of aromatic hydroxyl groups is 1. The fraction of sp³-hybridized carbons (Fsp3) is 0.172. The Morgan fingerprint density at radius 3 is 2.33 bits per heavy atom. The molecule has 3 amide bonds. The van der Waals surface area contributed by atoms with Crippen molar-refractivity contribution < 1.29 is 29.1 Å². The lowest BCUT2D eigenvalue weighted by Gasteiger charge is -2.25. The number of aliphatic imine (C=N–C) groups is 1. The molecular weight excluding hydrogens is 500 g/mol. The molecule has 0 aromatic heterocycles. The van der Waals surface area contributed by atoms with Gasteiger partial charge < -0.3 is 20.5 Å². The highest BCUT2D eigenvalue weighted by atomic mass is 16.3. The van der Waals surface area contributed by atoms with Gasteiger partial charge in [0.05, 0.1) is 17.4 Å². The predicted molar refractivity (Wildman–Crippen MR) is 144 cm³/mol. The second-order valence-corrected chi connectivity index (χ2v) is 8.92. The second-order valence-electron chi connectivity index (χ2n) is 8.92. The van der Waals surface area contributed by atoms with Crippen LogP contribution in [0.2, 0.25) is 0 Å². The summed E-state index contributed by atoms with van der Waals surface area (Å²) < 4.78 is 0. The third-order valence-electron chi connectivity index (χ3n) is 5.97. The fourth-order valence-electron chi connectivity index (χ4n) is 4.17. The lowest BCUT2D eigenvalue weighted by atomic mass is 10.0. The summed E-state index contributed by atoms with van der Waals surface area (Å²) in [7, 11) is 0. The number of para-hydroxylation sites is 1. The van der Waals surface area contributed by atoms with Crippen LogP contribution in [0, 0.1) is 0 Å². The molecule has 10 nitrogen and oxygen atoms in total. The number of hydrogen-bond acceptors (Lipinski definition) is 7. The molecule has 1 heterocycles. The summed E-state index contributed by atoms with van der Waals surface area (Å²) in [5.74, 6) is -2.25. The van der Waals surface area contributed by atoms with Gasteiger partial charge in [0.15, 0.2) is 0 Å². The quantitative estimate of drug-likeness (QED) is 0.364. The normalized spacial score (nSPS) is 15.3. The van der Waals surface area contributed by atoms with Crippen LogP contribution in [0.5, 0.6) is 5.75 Å². The van der Waals surface area contributed by atoms with Gasteiger partial charge in [-0.05, 0) is 37.3 Å². The van der Waals surface area contributed by atoms with Gasteiger partial charge in [-0.15, -0.1) is 0 Å². The number of anilines is 1. The highest BCUT2D eigenvalue weighted by Crippen LogP contribution is 2.28. The van der Waals surface area contributed by atoms with Gasteiger partial charge in [-0.2, -0.15) is 0 Å². The Labute approximate surface area is 224 Å². The highest BCUT2D eigenvalue weighted by molar-refractivity contribution is 6.21. The maximum absolute atomic E-state index is 13.8. The molecule has 3 N–H and O–H groups in total. The van der Waals surface area contributed by atoms with Gasteiger partial charge >= 0.3 is 0 Å². The zero-order valence-corrected chi connectivity index (χ0v) is 21.0. The van der Waals surface area contributed by atoms with Crippen molar-refractivity contribution in [1.82, 2.24) is 10.6 Å². The van der Waals surface area contributed by atoms with E-state index in [1.807, 2.05) is 30.3 Å². The average molecular weight is 527 g/mol. The lowest BCUT2D eigenvalue weighted by Crippen LogP contribution is -2.51. The summed E-state index contributed by atoms with van der Waals surface area (Å²) in [6.07, 6.45) is -1.11. The average Bonchev–Trinajstić information content (AvgIpc) is 3.04. The lowest BCUT2D eigenvalue weighted by molar-refractivity contribution is -0.126. The first kappa shape index (κ1) is 26.9. The van der Waals surface area contributed by atoms with Crippen molar-refractivity contribution in [3.8, 4) is 5.75 Å². The van der Waals surface area contributed by atoms with E-state index in [2.05, 4.69) is 15.6 Å². The molecule has 0 saturated heterocycles. The molecule has 0 saturated carbocycles. The highest BCUT2D eigenvalue weighted by Gasteiger charge is 2.34. The number of fused-ring (bicyclic) bond motifs is 1. The maximum Gasteiger partial charge on any atom is 0.272 e. The Balaban J connectivity index is 1.73. The van der Waals surface area contributed by atoms with Crippen LogP contribution < -0.4 is 15.5 Å². The number of carbonyl (C=O) groups excluding carboxylic acids is 5. The Bertz CT molecular complexity index is 1440. The zero-order chi connectivity index (χ0) is 27.9. The number of aldehydes is 1. The number of amides is 3. The van der Waals surface area contributed by atoms with E-state index in [4.69, 9.17) is 0 Å². The first-order valence-electron chi connectivity index (χ1n) is 12.1. The van der Waals surface area contributed by atoms with Crippen molar-refractivity contribution >= 4 is 41.2 Å². The number of carbonyl (C=O) groups is 5. The van der Waals surface area contributed by atoms with E-state index in [0.29, 0.717) is 28.8 Å². The third-order valence-corrected chi connectivity index (χ3v) is 5.97. The van der Waals surface area contributed by atoms with E-state index in [0.717, 1.165) is 0 Å². The first-order chi connectivity index (χ1) is 18.8. The van der Waals surface area contributed by atoms with Gasteiger partial charge in [0.25, 0.3) is 11.8 Å². The van der Waals surface area contributed by atoms with Crippen molar-refractivity contribution in [3.05, 3.63) is 95.6 Å². The van der Waals surface area contributed by atoms with Crippen LogP contribution in [-0.4, -0.2) is 59.4 Å². The molecule has 198 valence electrons. The molecule has 39 heavy (non-hydrogen) atoms. The molecule has 1 aliphatic heterocycles. The van der Waals surface area contributed by atoms with E-state index in [9.17, 15) is 29.1 Å². The minimum atomic E-state index is -1.40. The molecule has 2 atom stereocenters. The molecule has 0 bridgehead atoms. The molecule has 0 aliphatic carbocycles. The van der Waals surface area contributed by atoms with Crippen molar-refractivity contribution in [2.75, 3.05) is 11.4 Å². The molecule has 0 spiro atoms. The van der Waals surface area contributed by atoms with E-state index in [1.54, 1.807) is 24.3 Å². The number of benzene rings is 3. The van der Waals surface area contributed by atoms with Crippen LogP contribution in [-0.2, 0) is 19.2 Å². The molecular formula is C29H26N4O6. The molecule has 10 heteroatoms. The summed E-state index contributed by atoms with van der Waals surface area (Å²) in [5, 5.41) is 14.7. The summed E-state index contributed by atoms with van der Waals surface area (Å²) in [6.45, 7) is 0.822. The Kier molecular flexibility index (Phi) is 8.25. The van der Waals surface area contributed by atoms with Crippen LogP contribution in [0.25, 0.3) is 0 Å². The number of benzodiazepines with no additional fused rings is 1. The van der Waals surface area contributed by atoms with Crippen molar-refractivity contribution in [3.63, 3.8) is 0 Å². The number of rotatable bonds is 9. The van der Waals surface area contributed by atoms with Gasteiger partial charge in [-0.3, -0.25) is 24.1 Å². The first-order valence-corrected chi connectivity index (χ1v) is 12.1. The molecule has 3 aromatic rings. The summed E-state index contributed by atoms with van der Waals surface area (Å²) >= 11 is 0. The second kappa shape index (κ2) is 12.0. The van der Waals surface area contributed by atoms with E-state index < -0.39 is 36.5 Å². The molecule has 1 aliphatic rings. The van der Waals surface area contributed by atoms with Gasteiger partial charge in [0.2, 0.25) is 12.1 Å². The number of Topliss-reactive ketones (excluding diaryl/α,β-unsaturated/α-hetero) is 1. The van der Waals surface area contributed by atoms with Crippen LogP contribution >= 0.6 is 0 Å². The standard InChI is InChI=1S/C29H26N4O6/c1-18(35)15-21(17-34)30-25(37)16-33-24-10-6-5-9-23(24)26(19-7-3-2-4-8-19)31-27(29(33)39)32-28(38)20-11-13-22(36)14-12-20/h2-14,17,21,27,36H,15-16H2,1H3,(H,30,37)(H,32,38)/t21-,27?/m0/s1. The summed E-state index contributed by atoms with van der Waals surface area (Å²) in [5.41, 5.74) is 2.26. The van der Waals surface area contributed by atoms with Crippen LogP contribution in [0.1, 0.15) is 34.8 Å². The van der Waals surface area contributed by atoms with Crippen molar-refractivity contribution in [2.24, 2.45) is 4.99 Å². The SMILES string of the molecule is CC(=O)C[C@@H](C=O)NC(=O)CN1C(=O)C(NC(=O)c2ccc(O)cc2)N=C(c2ccccc2)c2ccccc21. The molecule has 4 rings (SSSR count). The fourth-order valence-corrected chi connectivity index (χ4v) is 4.17. The minimum Gasteiger partial charge on any atom is -0.508 e. The number of phenols is 1. The third kappa shape index (κ3) is 6.42. The molecule has 0 fully saturated rings. The Hall–Kier alpha value is -5.12. The van der Waals surface area contributed by atoms with Gasteiger partial charge in [-0.1, -0.05) is 48.5 Å². The number of ketones is 1. The van der Waals surface area contributed by atoms with Crippen molar-refractivity contribution in [2.45, 2.75) is 25.6 Å². The van der Waals surface area contributed by atoms with Gasteiger partial charge in [0.1, 0.15) is 24.4 Å². The smallest absolute Gasteiger partial charge is 0.272 e. The van der Waals surface area contributed by atoms with E-state index in [1.165, 1.54) is 36.1 Å². The summed E-state index contributed by atoms with van der Waals surface area (Å²) in [6, 6.07) is 20.5. The molecule has 1 unspecified atom stereocenters. The zero-order valence-electron chi connectivity index (χ0n) is 21.0. The van der Waals surface area contributed by atoms with Crippen LogP contribution in [0.4, 0.5) is 5.69 Å². The van der Waals surface area contributed by atoms with Gasteiger partial charge in [0, 0.05) is 23.1 Å². The Morgan fingerprint density at radius 2 is 1.67 bits per heavy atom. The molecule has 0 radical (unpaired) electrons. The summed E-state index contributed by atoms with van der Waals surface area (Å²) in [4.78, 5) is 68.5. The number of nitrogens with zero attached hydrogens (tertiary/aromatic N) is 2. The largest absolute Gasteiger partial charge is 0.508 e. The Morgan fingerprint density at radius 1 is 1.00 bits per heavy atom. The minimum absolute atomic E-state index is 0.0208. The monoisotopic (exact) mass is 526 g/mol. The topological polar surface area (TPSA) is 145 Å². The number of hydrogen-bond donors (Lipinski definition) is 3. The molecule has 3 aromatic carbocycles. The van der Waals surface area contributed by atoms with Crippen molar-refractivity contribution in [1.29, 1.82) is 0 Å². The van der Waals surface area contributed by atoms with Crippen LogP contribution in [0.15, 0.2) is 83.9 Å². The number of phenolic OH excluding ortho intramolecular Hbond substituents is 1.